The smallest absolute Gasteiger partial charge is 0.252 e. The SMILES string of the molecule is COc1ccccc1C1CNCCN1C(=O)CCNC(=O)c1ccsc1. The molecule has 3 rings (SSSR count). The molecule has 0 bridgehead atoms. The summed E-state index contributed by atoms with van der Waals surface area (Å²) in [4.78, 5) is 26.6. The fourth-order valence-corrected chi connectivity index (χ4v) is 3.78. The van der Waals surface area contributed by atoms with Gasteiger partial charge in [0.15, 0.2) is 0 Å². The number of benzene rings is 1. The lowest BCUT2D eigenvalue weighted by Crippen LogP contribution is -2.49. The normalized spacial score (nSPS) is 17.0. The van der Waals surface area contributed by atoms with Gasteiger partial charge in [-0.25, -0.2) is 0 Å². The number of rotatable bonds is 6. The van der Waals surface area contributed by atoms with Crippen molar-refractivity contribution >= 4 is 23.2 Å². The highest BCUT2D eigenvalue weighted by Crippen LogP contribution is 2.30. The van der Waals surface area contributed by atoms with Gasteiger partial charge in [0, 0.05) is 49.1 Å². The van der Waals surface area contributed by atoms with Crippen LogP contribution in [0.1, 0.15) is 28.4 Å². The molecule has 1 unspecified atom stereocenters. The molecule has 1 aromatic carbocycles. The second-order valence-electron chi connectivity index (χ2n) is 6.07. The van der Waals surface area contributed by atoms with Gasteiger partial charge >= 0.3 is 0 Å². The Balaban J connectivity index is 1.62. The summed E-state index contributed by atoms with van der Waals surface area (Å²) >= 11 is 1.48. The number of ether oxygens (including phenoxy) is 1. The maximum absolute atomic E-state index is 12.8. The highest BCUT2D eigenvalue weighted by molar-refractivity contribution is 7.08. The Morgan fingerprint density at radius 2 is 2.19 bits per heavy atom. The number of nitrogens with zero attached hydrogens (tertiary/aromatic N) is 1. The van der Waals surface area contributed by atoms with Crippen molar-refractivity contribution in [2.75, 3.05) is 33.3 Å². The van der Waals surface area contributed by atoms with Crippen LogP contribution >= 0.6 is 11.3 Å². The number of amides is 2. The minimum absolute atomic E-state index is 0.0352. The molecule has 6 nitrogen and oxygen atoms in total. The highest BCUT2D eigenvalue weighted by atomic mass is 32.1. The number of carbonyl (C=O) groups is 2. The van der Waals surface area contributed by atoms with Crippen LogP contribution in [0, 0.1) is 0 Å². The molecule has 0 aliphatic carbocycles. The van der Waals surface area contributed by atoms with Gasteiger partial charge in [-0.2, -0.15) is 11.3 Å². The van der Waals surface area contributed by atoms with Crippen LogP contribution in [0.3, 0.4) is 0 Å². The highest BCUT2D eigenvalue weighted by Gasteiger charge is 2.29. The van der Waals surface area contributed by atoms with E-state index in [-0.39, 0.29) is 24.3 Å². The molecule has 1 aliphatic rings. The summed E-state index contributed by atoms with van der Waals surface area (Å²) in [6.07, 6.45) is 0.279. The number of hydrogen-bond donors (Lipinski definition) is 2. The van der Waals surface area contributed by atoms with Gasteiger partial charge in [-0.1, -0.05) is 18.2 Å². The summed E-state index contributed by atoms with van der Waals surface area (Å²) in [6.45, 7) is 2.42. The van der Waals surface area contributed by atoms with Gasteiger partial charge in [0.1, 0.15) is 5.75 Å². The lowest BCUT2D eigenvalue weighted by Gasteiger charge is -2.37. The summed E-state index contributed by atoms with van der Waals surface area (Å²) in [5, 5.41) is 9.81. The molecule has 1 saturated heterocycles. The van der Waals surface area contributed by atoms with Gasteiger partial charge in [-0.05, 0) is 17.5 Å². The molecule has 1 aliphatic heterocycles. The fourth-order valence-electron chi connectivity index (χ4n) is 3.14. The summed E-state index contributed by atoms with van der Waals surface area (Å²) in [5.74, 6) is 0.679. The first-order valence-corrected chi connectivity index (χ1v) is 9.58. The van der Waals surface area contributed by atoms with E-state index >= 15 is 0 Å². The molecular weight excluding hydrogens is 350 g/mol. The maximum atomic E-state index is 12.8. The molecule has 2 N–H and O–H groups in total. The quantitative estimate of drug-likeness (QED) is 0.813. The summed E-state index contributed by atoms with van der Waals surface area (Å²) < 4.78 is 5.46. The maximum Gasteiger partial charge on any atom is 0.252 e. The van der Waals surface area contributed by atoms with Crippen molar-refractivity contribution < 1.29 is 14.3 Å². The van der Waals surface area contributed by atoms with Crippen molar-refractivity contribution in [1.29, 1.82) is 0 Å². The zero-order chi connectivity index (χ0) is 18.4. The zero-order valence-electron chi connectivity index (χ0n) is 14.7. The van der Waals surface area contributed by atoms with Gasteiger partial charge in [0.25, 0.3) is 5.91 Å². The van der Waals surface area contributed by atoms with E-state index in [9.17, 15) is 9.59 Å². The van der Waals surface area contributed by atoms with Gasteiger partial charge in [0.05, 0.1) is 13.2 Å². The van der Waals surface area contributed by atoms with Crippen LogP contribution in [0.25, 0.3) is 0 Å². The van der Waals surface area contributed by atoms with Crippen molar-refractivity contribution in [2.24, 2.45) is 0 Å². The number of hydrogen-bond acceptors (Lipinski definition) is 5. The number of thiophene rings is 1. The lowest BCUT2D eigenvalue weighted by molar-refractivity contribution is -0.134. The molecule has 0 saturated carbocycles. The third kappa shape index (κ3) is 4.23. The molecule has 138 valence electrons. The monoisotopic (exact) mass is 373 g/mol. The van der Waals surface area contributed by atoms with E-state index < -0.39 is 0 Å². The van der Waals surface area contributed by atoms with Crippen LogP contribution in [0.2, 0.25) is 0 Å². The topological polar surface area (TPSA) is 70.7 Å². The van der Waals surface area contributed by atoms with Crippen molar-refractivity contribution in [3.8, 4) is 5.75 Å². The van der Waals surface area contributed by atoms with E-state index in [4.69, 9.17) is 4.74 Å². The number of para-hydroxylation sites is 1. The second-order valence-corrected chi connectivity index (χ2v) is 6.85. The predicted molar refractivity (Wildman–Crippen MR) is 102 cm³/mol. The Morgan fingerprint density at radius 3 is 2.96 bits per heavy atom. The molecular formula is C19H23N3O3S. The lowest BCUT2D eigenvalue weighted by atomic mass is 10.0. The molecule has 2 aromatic rings. The summed E-state index contributed by atoms with van der Waals surface area (Å²) in [6, 6.07) is 9.49. The molecule has 0 spiro atoms. The number of methoxy groups -OCH3 is 1. The van der Waals surface area contributed by atoms with E-state index in [0.29, 0.717) is 25.2 Å². The molecule has 1 aromatic heterocycles. The Hall–Kier alpha value is -2.38. The Kier molecular flexibility index (Phi) is 6.25. The standard InChI is InChI=1S/C19H23N3O3S/c1-25-17-5-3-2-4-15(17)16-12-20-9-10-22(16)18(23)6-8-21-19(24)14-7-11-26-13-14/h2-5,7,11,13,16,20H,6,8-10,12H2,1H3,(H,21,24). The second kappa shape index (κ2) is 8.82. The van der Waals surface area contributed by atoms with E-state index in [0.717, 1.165) is 17.9 Å². The Bertz CT molecular complexity index is 748. The fraction of sp³-hybridized carbons (Fsp3) is 0.368. The van der Waals surface area contributed by atoms with E-state index in [1.807, 2.05) is 34.5 Å². The van der Waals surface area contributed by atoms with Crippen molar-refractivity contribution in [3.63, 3.8) is 0 Å². The molecule has 26 heavy (non-hydrogen) atoms. The van der Waals surface area contributed by atoms with Crippen LogP contribution in [-0.4, -0.2) is 50.0 Å². The zero-order valence-corrected chi connectivity index (χ0v) is 15.6. The average Bonchev–Trinajstić information content (AvgIpc) is 3.22. The largest absolute Gasteiger partial charge is 0.496 e. The molecule has 7 heteroatoms. The van der Waals surface area contributed by atoms with Gasteiger partial charge in [-0.15, -0.1) is 0 Å². The van der Waals surface area contributed by atoms with Crippen LogP contribution in [0.15, 0.2) is 41.1 Å². The minimum atomic E-state index is -0.138. The summed E-state index contributed by atoms with van der Waals surface area (Å²) in [7, 11) is 1.64. The van der Waals surface area contributed by atoms with Gasteiger partial charge < -0.3 is 20.3 Å². The predicted octanol–water partition coefficient (Wildman–Crippen LogP) is 2.05. The molecule has 2 heterocycles. The van der Waals surface area contributed by atoms with Crippen LogP contribution < -0.4 is 15.4 Å². The first kappa shape index (κ1) is 18.4. The number of nitrogens with one attached hydrogen (secondary N) is 2. The Morgan fingerprint density at radius 1 is 1.35 bits per heavy atom. The van der Waals surface area contributed by atoms with E-state index in [1.165, 1.54) is 11.3 Å². The van der Waals surface area contributed by atoms with E-state index in [2.05, 4.69) is 10.6 Å². The van der Waals surface area contributed by atoms with E-state index in [1.54, 1.807) is 18.6 Å². The molecule has 1 atom stereocenters. The first-order valence-electron chi connectivity index (χ1n) is 8.64. The molecule has 2 amide bonds. The van der Waals surface area contributed by atoms with Gasteiger partial charge in [0.2, 0.25) is 5.91 Å². The summed E-state index contributed by atoms with van der Waals surface area (Å²) in [5.41, 5.74) is 1.63. The van der Waals surface area contributed by atoms with Crippen molar-refractivity contribution in [1.82, 2.24) is 15.5 Å². The number of carbonyl (C=O) groups excluding carboxylic acids is 2. The number of piperazine rings is 1. The minimum Gasteiger partial charge on any atom is -0.496 e. The van der Waals surface area contributed by atoms with Crippen molar-refractivity contribution in [2.45, 2.75) is 12.5 Å². The third-order valence-corrected chi connectivity index (χ3v) is 5.15. The van der Waals surface area contributed by atoms with Crippen molar-refractivity contribution in [3.05, 3.63) is 52.2 Å². The molecule has 0 radical (unpaired) electrons. The average molecular weight is 373 g/mol. The Labute approximate surface area is 157 Å². The third-order valence-electron chi connectivity index (χ3n) is 4.47. The van der Waals surface area contributed by atoms with Crippen LogP contribution in [0.4, 0.5) is 0 Å². The molecule has 1 fully saturated rings. The van der Waals surface area contributed by atoms with Crippen LogP contribution in [-0.2, 0) is 4.79 Å². The van der Waals surface area contributed by atoms with Crippen LogP contribution in [0.5, 0.6) is 5.75 Å². The first-order chi connectivity index (χ1) is 12.7. The van der Waals surface area contributed by atoms with Gasteiger partial charge in [-0.3, -0.25) is 9.59 Å².